The van der Waals surface area contributed by atoms with E-state index in [2.05, 4.69) is 5.32 Å². The van der Waals surface area contributed by atoms with Crippen molar-refractivity contribution in [1.29, 1.82) is 0 Å². The molecule has 1 unspecified atom stereocenters. The Morgan fingerprint density at radius 3 is 2.24 bits per heavy atom. The number of alkyl halides is 3. The van der Waals surface area contributed by atoms with Gasteiger partial charge in [-0.05, 0) is 56.2 Å². The molecular weight excluding hydrogens is 497 g/mol. The zero-order valence-corrected chi connectivity index (χ0v) is 20.0. The number of piperidine rings is 1. The van der Waals surface area contributed by atoms with E-state index in [9.17, 15) is 26.4 Å². The maximum Gasteiger partial charge on any atom is 0.425 e. The predicted octanol–water partition coefficient (Wildman–Crippen LogP) is 4.72. The van der Waals surface area contributed by atoms with E-state index in [-0.39, 0.29) is 34.7 Å². The van der Waals surface area contributed by atoms with Gasteiger partial charge in [0.05, 0.1) is 12.1 Å². The number of amides is 1. The summed E-state index contributed by atoms with van der Waals surface area (Å²) in [5.41, 5.74) is 0.400. The van der Waals surface area contributed by atoms with Crippen LogP contribution in [0.3, 0.4) is 0 Å². The van der Waals surface area contributed by atoms with E-state index >= 15 is 0 Å². The molecule has 2 aromatic carbocycles. The average molecular weight is 521 g/mol. The van der Waals surface area contributed by atoms with Crippen LogP contribution in [0.15, 0.2) is 47.4 Å². The van der Waals surface area contributed by atoms with Crippen LogP contribution in [0.25, 0.3) is 0 Å². The summed E-state index contributed by atoms with van der Waals surface area (Å²) in [7, 11) is -2.38. The monoisotopic (exact) mass is 520 g/mol. The molecule has 1 atom stereocenters. The van der Waals surface area contributed by atoms with Crippen LogP contribution < -0.4 is 14.8 Å². The Kier molecular flexibility index (Phi) is 7.99. The molecule has 186 valence electrons. The van der Waals surface area contributed by atoms with Crippen LogP contribution in [0.1, 0.15) is 19.8 Å². The van der Waals surface area contributed by atoms with Gasteiger partial charge >= 0.3 is 6.18 Å². The molecular formula is C22H24ClF3N2O5S. The number of carbonyl (C=O) groups excluding carboxylic acids is 1. The number of nitrogens with one attached hydrogen (secondary N) is 1. The summed E-state index contributed by atoms with van der Waals surface area (Å²) in [4.78, 5) is 12.6. The van der Waals surface area contributed by atoms with Crippen molar-refractivity contribution >= 4 is 33.2 Å². The molecule has 0 saturated carbocycles. The number of nitrogens with zero attached hydrogens (tertiary/aromatic N) is 1. The maximum atomic E-state index is 13.0. The first-order valence-corrected chi connectivity index (χ1v) is 12.2. The van der Waals surface area contributed by atoms with Crippen LogP contribution in [0.4, 0.5) is 18.9 Å². The van der Waals surface area contributed by atoms with Crippen molar-refractivity contribution < 1.29 is 35.9 Å². The minimum absolute atomic E-state index is 0.0264. The maximum absolute atomic E-state index is 13.0. The number of sulfonamides is 1. The third-order valence-corrected chi connectivity index (χ3v) is 7.86. The van der Waals surface area contributed by atoms with Gasteiger partial charge in [0.1, 0.15) is 16.4 Å². The fourth-order valence-corrected chi connectivity index (χ4v) is 5.43. The van der Waals surface area contributed by atoms with E-state index in [1.54, 1.807) is 0 Å². The zero-order chi connectivity index (χ0) is 25.1. The van der Waals surface area contributed by atoms with Gasteiger partial charge in [-0.2, -0.15) is 17.5 Å². The highest BCUT2D eigenvalue weighted by atomic mass is 35.5. The minimum Gasteiger partial charge on any atom is -0.497 e. The molecule has 1 heterocycles. The highest BCUT2D eigenvalue weighted by molar-refractivity contribution is 7.89. The van der Waals surface area contributed by atoms with Crippen LogP contribution in [0.5, 0.6) is 11.5 Å². The molecule has 0 spiro atoms. The number of hydrogen-bond donors (Lipinski definition) is 1. The number of methoxy groups -OCH3 is 1. The molecule has 0 aliphatic carbocycles. The van der Waals surface area contributed by atoms with E-state index in [4.69, 9.17) is 21.1 Å². The second-order valence-electron chi connectivity index (χ2n) is 7.79. The third-order valence-electron chi connectivity index (χ3n) is 5.48. The lowest BCUT2D eigenvalue weighted by Crippen LogP contribution is -2.41. The first kappa shape index (κ1) is 26.1. The number of ether oxygens (including phenoxy) is 2. The molecule has 1 saturated heterocycles. The van der Waals surface area contributed by atoms with Crippen molar-refractivity contribution in [1.82, 2.24) is 4.31 Å². The summed E-state index contributed by atoms with van der Waals surface area (Å²) < 4.78 is 74.9. The molecule has 12 heteroatoms. The molecule has 1 aliphatic rings. The van der Waals surface area contributed by atoms with Crippen molar-refractivity contribution in [2.75, 3.05) is 25.5 Å². The molecule has 0 bridgehead atoms. The number of rotatable bonds is 7. The molecule has 3 rings (SSSR count). The van der Waals surface area contributed by atoms with Crippen LogP contribution in [-0.2, 0) is 14.8 Å². The third kappa shape index (κ3) is 6.13. The zero-order valence-electron chi connectivity index (χ0n) is 18.4. The van der Waals surface area contributed by atoms with E-state index in [0.717, 1.165) is 6.92 Å². The van der Waals surface area contributed by atoms with Gasteiger partial charge in [-0.3, -0.25) is 4.79 Å². The minimum atomic E-state index is -4.48. The van der Waals surface area contributed by atoms with Crippen molar-refractivity contribution in [2.45, 2.75) is 36.9 Å². The summed E-state index contributed by atoms with van der Waals surface area (Å²) in [6.45, 7) is 1.20. The highest BCUT2D eigenvalue weighted by Crippen LogP contribution is 2.31. The van der Waals surface area contributed by atoms with E-state index in [1.165, 1.54) is 53.9 Å². The smallest absolute Gasteiger partial charge is 0.425 e. The van der Waals surface area contributed by atoms with Crippen LogP contribution in [-0.4, -0.2) is 51.1 Å². The second kappa shape index (κ2) is 10.4. The van der Waals surface area contributed by atoms with Gasteiger partial charge in [-0.25, -0.2) is 8.42 Å². The van der Waals surface area contributed by atoms with Crippen LogP contribution >= 0.6 is 11.6 Å². The van der Waals surface area contributed by atoms with Gasteiger partial charge in [-0.1, -0.05) is 11.6 Å². The number of carbonyl (C=O) groups is 1. The normalized spacial score (nSPS) is 16.6. The first-order valence-electron chi connectivity index (χ1n) is 10.4. The Labute approximate surface area is 200 Å². The summed E-state index contributed by atoms with van der Waals surface area (Å²) in [6, 6.07) is 9.90. The van der Waals surface area contributed by atoms with Crippen LogP contribution in [0, 0.1) is 5.92 Å². The predicted molar refractivity (Wildman–Crippen MR) is 121 cm³/mol. The average Bonchev–Trinajstić information content (AvgIpc) is 2.79. The lowest BCUT2D eigenvalue weighted by molar-refractivity contribution is -0.189. The van der Waals surface area contributed by atoms with Gasteiger partial charge in [0.25, 0.3) is 0 Å². The van der Waals surface area contributed by atoms with E-state index in [0.29, 0.717) is 24.3 Å². The van der Waals surface area contributed by atoms with Crippen molar-refractivity contribution in [3.63, 3.8) is 0 Å². The number of halogens is 4. The highest BCUT2D eigenvalue weighted by Gasteiger charge is 2.38. The van der Waals surface area contributed by atoms with E-state index in [1.807, 2.05) is 0 Å². The molecule has 7 nitrogen and oxygen atoms in total. The van der Waals surface area contributed by atoms with Crippen LogP contribution in [0.2, 0.25) is 5.02 Å². The molecule has 1 fully saturated rings. The van der Waals surface area contributed by atoms with Crippen molar-refractivity contribution in [2.24, 2.45) is 5.92 Å². The fourth-order valence-electron chi connectivity index (χ4n) is 3.45. The lowest BCUT2D eigenvalue weighted by Gasteiger charge is -2.30. The van der Waals surface area contributed by atoms with Gasteiger partial charge in [-0.15, -0.1) is 0 Å². The standard InChI is InChI=1S/C22H24ClF3N2O5S/c1-14(22(24,25)26)33-17-5-3-16(4-6-17)27-21(29)15-9-11-28(12-10-15)34(30,31)20-8-7-18(32-2)13-19(20)23/h3-8,13-15H,9-12H2,1-2H3,(H,27,29). The molecule has 2 aromatic rings. The molecule has 1 N–H and O–H groups in total. The van der Waals surface area contributed by atoms with Gasteiger partial charge in [0.2, 0.25) is 15.9 Å². The van der Waals surface area contributed by atoms with Crippen molar-refractivity contribution in [3.8, 4) is 11.5 Å². The van der Waals surface area contributed by atoms with Gasteiger partial charge in [0.15, 0.2) is 6.10 Å². The fraction of sp³-hybridized carbons (Fsp3) is 0.409. The Bertz CT molecular complexity index is 1120. The van der Waals surface area contributed by atoms with E-state index < -0.39 is 28.2 Å². The summed E-state index contributed by atoms with van der Waals surface area (Å²) in [5.74, 6) is -0.247. The Hall–Kier alpha value is -2.50. The second-order valence-corrected chi connectivity index (χ2v) is 10.1. The quantitative estimate of drug-likeness (QED) is 0.571. The Morgan fingerprint density at radius 1 is 1.12 bits per heavy atom. The van der Waals surface area contributed by atoms with Crippen molar-refractivity contribution in [3.05, 3.63) is 47.5 Å². The van der Waals surface area contributed by atoms with Gasteiger partial charge in [0, 0.05) is 30.8 Å². The Morgan fingerprint density at radius 2 is 1.71 bits per heavy atom. The number of benzene rings is 2. The van der Waals surface area contributed by atoms with Gasteiger partial charge < -0.3 is 14.8 Å². The summed E-state index contributed by atoms with van der Waals surface area (Å²) >= 11 is 6.13. The lowest BCUT2D eigenvalue weighted by atomic mass is 9.97. The molecule has 0 radical (unpaired) electrons. The summed E-state index contributed by atoms with van der Waals surface area (Å²) in [5, 5.41) is 2.76. The first-order chi connectivity index (χ1) is 15.9. The molecule has 34 heavy (non-hydrogen) atoms. The molecule has 0 aromatic heterocycles. The Balaban J connectivity index is 1.56. The number of hydrogen-bond acceptors (Lipinski definition) is 5. The largest absolute Gasteiger partial charge is 0.497 e. The molecule has 1 aliphatic heterocycles. The summed E-state index contributed by atoms with van der Waals surface area (Å²) in [6.07, 6.45) is -5.82. The number of anilines is 1. The topological polar surface area (TPSA) is 84.9 Å². The molecule has 1 amide bonds. The SMILES string of the molecule is COc1ccc(S(=O)(=O)N2CCC(C(=O)Nc3ccc(OC(C)C(F)(F)F)cc3)CC2)c(Cl)c1.